The molecule has 1 amide bonds. The summed E-state index contributed by atoms with van der Waals surface area (Å²) < 4.78 is 16.3. The second kappa shape index (κ2) is 12.0. The van der Waals surface area contributed by atoms with Gasteiger partial charge in [0.15, 0.2) is 12.4 Å². The zero-order chi connectivity index (χ0) is 25.3. The van der Waals surface area contributed by atoms with E-state index >= 15 is 0 Å². The Morgan fingerprint density at radius 2 is 1.56 bits per heavy atom. The normalized spacial score (nSPS) is 14.8. The maximum Gasteiger partial charge on any atom is 0.418 e. The first-order valence-corrected chi connectivity index (χ1v) is 12.1. The van der Waals surface area contributed by atoms with E-state index in [9.17, 15) is 14.4 Å². The van der Waals surface area contributed by atoms with Gasteiger partial charge in [-0.05, 0) is 56.5 Å². The Bertz CT molecular complexity index is 1160. The van der Waals surface area contributed by atoms with Gasteiger partial charge in [0, 0.05) is 11.1 Å². The molecule has 186 valence electrons. The number of hydrogen-bond donors (Lipinski definition) is 0. The summed E-state index contributed by atoms with van der Waals surface area (Å²) in [7, 11) is 0. The number of fused-ring (bicyclic) bond motifs is 1. The standard InChI is InChI=1S/C29H29NO6/c1-2-34-27(31)20-35-26-18-10-17-25-24(26)16-9-11-21(28(25)32)19-36-29(33)30(22-12-5-3-6-13-22)23-14-7-4-8-15-23/h3-8,10,12-15,17-18,21H,2,9,11,16,19-20H2,1H3. The fourth-order valence-electron chi connectivity index (χ4n) is 4.31. The third-order valence-corrected chi connectivity index (χ3v) is 6.02. The summed E-state index contributed by atoms with van der Waals surface area (Å²) >= 11 is 0. The maximum atomic E-state index is 13.4. The van der Waals surface area contributed by atoms with E-state index in [1.807, 2.05) is 60.7 Å². The highest BCUT2D eigenvalue weighted by Gasteiger charge is 2.29. The van der Waals surface area contributed by atoms with E-state index in [-0.39, 0.29) is 25.6 Å². The number of para-hydroxylation sites is 2. The first kappa shape index (κ1) is 25.0. The molecule has 0 N–H and O–H groups in total. The highest BCUT2D eigenvalue weighted by molar-refractivity contribution is 6.01. The number of ether oxygens (including phenoxy) is 3. The molecule has 3 aromatic rings. The van der Waals surface area contributed by atoms with Gasteiger partial charge in [-0.2, -0.15) is 0 Å². The molecule has 1 atom stereocenters. The van der Waals surface area contributed by atoms with Crippen LogP contribution in [-0.2, 0) is 20.7 Å². The van der Waals surface area contributed by atoms with Crippen LogP contribution in [0.1, 0.15) is 35.7 Å². The van der Waals surface area contributed by atoms with Crippen LogP contribution in [0, 0.1) is 5.92 Å². The molecule has 0 saturated heterocycles. The van der Waals surface area contributed by atoms with Crippen molar-refractivity contribution in [2.45, 2.75) is 26.2 Å². The molecule has 7 nitrogen and oxygen atoms in total. The Balaban J connectivity index is 1.48. The summed E-state index contributed by atoms with van der Waals surface area (Å²) in [4.78, 5) is 39.8. The van der Waals surface area contributed by atoms with Gasteiger partial charge in [0.25, 0.3) is 0 Å². The molecule has 7 heteroatoms. The minimum atomic E-state index is -0.545. The van der Waals surface area contributed by atoms with Crippen molar-refractivity contribution in [3.8, 4) is 5.75 Å². The smallest absolute Gasteiger partial charge is 0.418 e. The highest BCUT2D eigenvalue weighted by Crippen LogP contribution is 2.32. The lowest BCUT2D eigenvalue weighted by Crippen LogP contribution is -2.30. The first-order valence-electron chi connectivity index (χ1n) is 12.1. The summed E-state index contributed by atoms with van der Waals surface area (Å²) in [6, 6.07) is 23.7. The maximum absolute atomic E-state index is 13.4. The number of anilines is 2. The molecule has 1 aliphatic rings. The second-order valence-corrected chi connectivity index (χ2v) is 8.41. The fraction of sp³-hybridized carbons (Fsp3) is 0.276. The Kier molecular flexibility index (Phi) is 8.34. The Morgan fingerprint density at radius 3 is 2.19 bits per heavy atom. The van der Waals surface area contributed by atoms with Gasteiger partial charge in [-0.15, -0.1) is 0 Å². The van der Waals surface area contributed by atoms with Gasteiger partial charge >= 0.3 is 12.1 Å². The second-order valence-electron chi connectivity index (χ2n) is 8.41. The number of benzene rings is 3. The number of hydrogen-bond acceptors (Lipinski definition) is 6. The predicted octanol–water partition coefficient (Wildman–Crippen LogP) is 5.74. The summed E-state index contributed by atoms with van der Waals surface area (Å²) in [6.07, 6.45) is 1.39. The summed E-state index contributed by atoms with van der Waals surface area (Å²) in [5, 5.41) is 0. The van der Waals surface area contributed by atoms with Crippen molar-refractivity contribution in [1.82, 2.24) is 0 Å². The molecule has 36 heavy (non-hydrogen) atoms. The molecule has 0 radical (unpaired) electrons. The number of carbonyl (C=O) groups is 3. The van der Waals surface area contributed by atoms with Gasteiger partial charge in [0.1, 0.15) is 12.4 Å². The number of Topliss-reactive ketones (excluding diaryl/α,β-unsaturated/α-hetero) is 1. The Labute approximate surface area is 210 Å². The molecule has 0 bridgehead atoms. The number of amides is 1. The van der Waals surface area contributed by atoms with Crippen LogP contribution in [0.3, 0.4) is 0 Å². The van der Waals surface area contributed by atoms with Crippen molar-refractivity contribution in [2.24, 2.45) is 5.92 Å². The molecule has 0 aliphatic heterocycles. The van der Waals surface area contributed by atoms with Crippen molar-refractivity contribution in [1.29, 1.82) is 0 Å². The monoisotopic (exact) mass is 487 g/mol. The van der Waals surface area contributed by atoms with Crippen LogP contribution >= 0.6 is 0 Å². The molecule has 0 fully saturated rings. The topological polar surface area (TPSA) is 82.1 Å². The SMILES string of the molecule is CCOC(=O)COc1cccc2c1CCCC(COC(=O)N(c1ccccc1)c1ccccc1)C2=O. The van der Waals surface area contributed by atoms with Gasteiger partial charge < -0.3 is 14.2 Å². The lowest BCUT2D eigenvalue weighted by Gasteiger charge is -2.23. The highest BCUT2D eigenvalue weighted by atomic mass is 16.6. The van der Waals surface area contributed by atoms with Gasteiger partial charge in [0.2, 0.25) is 0 Å². The van der Waals surface area contributed by atoms with E-state index in [0.717, 1.165) is 12.0 Å². The van der Waals surface area contributed by atoms with E-state index in [1.165, 1.54) is 4.90 Å². The zero-order valence-electron chi connectivity index (χ0n) is 20.2. The van der Waals surface area contributed by atoms with Crippen LogP contribution in [0.4, 0.5) is 16.2 Å². The van der Waals surface area contributed by atoms with Crippen LogP contribution in [-0.4, -0.2) is 37.7 Å². The molecule has 0 aromatic heterocycles. The van der Waals surface area contributed by atoms with Crippen LogP contribution in [0.25, 0.3) is 0 Å². The van der Waals surface area contributed by atoms with Crippen LogP contribution in [0.15, 0.2) is 78.9 Å². The number of carbonyl (C=O) groups excluding carboxylic acids is 3. The molecule has 4 rings (SSSR count). The molecule has 1 aliphatic carbocycles. The molecule has 3 aromatic carbocycles. The number of rotatable bonds is 8. The minimum absolute atomic E-state index is 0.0266. The molecule has 0 heterocycles. The van der Waals surface area contributed by atoms with E-state index in [1.54, 1.807) is 25.1 Å². The van der Waals surface area contributed by atoms with Crippen molar-refractivity contribution in [3.05, 3.63) is 90.0 Å². The number of nitrogens with zero attached hydrogens (tertiary/aromatic N) is 1. The Morgan fingerprint density at radius 1 is 0.889 bits per heavy atom. The zero-order valence-corrected chi connectivity index (χ0v) is 20.2. The molecular weight excluding hydrogens is 458 g/mol. The third kappa shape index (κ3) is 5.92. The van der Waals surface area contributed by atoms with Gasteiger partial charge in [-0.25, -0.2) is 14.5 Å². The molecule has 1 unspecified atom stereocenters. The van der Waals surface area contributed by atoms with E-state index < -0.39 is 18.0 Å². The third-order valence-electron chi connectivity index (χ3n) is 6.02. The summed E-state index contributed by atoms with van der Waals surface area (Å²) in [5.74, 6) is -0.515. The van der Waals surface area contributed by atoms with Crippen LogP contribution < -0.4 is 9.64 Å². The lowest BCUT2D eigenvalue weighted by atomic mass is 9.95. The quantitative estimate of drug-likeness (QED) is 0.298. The molecule has 0 spiro atoms. The largest absolute Gasteiger partial charge is 0.482 e. The first-order chi connectivity index (χ1) is 17.6. The Hall–Kier alpha value is -4.13. The molecular formula is C29H29NO6. The van der Waals surface area contributed by atoms with E-state index in [4.69, 9.17) is 14.2 Å². The molecule has 0 saturated carbocycles. The lowest BCUT2D eigenvalue weighted by molar-refractivity contribution is -0.145. The minimum Gasteiger partial charge on any atom is -0.482 e. The summed E-state index contributed by atoms with van der Waals surface area (Å²) in [5.41, 5.74) is 2.66. The van der Waals surface area contributed by atoms with Crippen LogP contribution in [0.2, 0.25) is 0 Å². The number of esters is 1. The van der Waals surface area contributed by atoms with Crippen molar-refractivity contribution in [3.63, 3.8) is 0 Å². The predicted molar refractivity (Wildman–Crippen MR) is 136 cm³/mol. The summed E-state index contributed by atoms with van der Waals surface area (Å²) in [6.45, 7) is 1.77. The van der Waals surface area contributed by atoms with Crippen LogP contribution in [0.5, 0.6) is 5.75 Å². The average molecular weight is 488 g/mol. The van der Waals surface area contributed by atoms with Gasteiger partial charge in [-0.1, -0.05) is 48.5 Å². The van der Waals surface area contributed by atoms with Crippen molar-refractivity contribution in [2.75, 3.05) is 24.7 Å². The van der Waals surface area contributed by atoms with E-state index in [2.05, 4.69) is 0 Å². The van der Waals surface area contributed by atoms with E-state index in [0.29, 0.717) is 35.5 Å². The van der Waals surface area contributed by atoms with Crippen molar-refractivity contribution < 1.29 is 28.6 Å². The van der Waals surface area contributed by atoms with Gasteiger partial charge in [-0.3, -0.25) is 4.79 Å². The average Bonchev–Trinajstić information content (AvgIpc) is 3.06. The van der Waals surface area contributed by atoms with Gasteiger partial charge in [0.05, 0.1) is 23.9 Å². The van der Waals surface area contributed by atoms with Crippen molar-refractivity contribution >= 4 is 29.2 Å². The fourth-order valence-corrected chi connectivity index (χ4v) is 4.31. The number of ketones is 1.